The van der Waals surface area contributed by atoms with Crippen molar-refractivity contribution in [2.45, 2.75) is 17.6 Å². The Bertz CT molecular complexity index is 1120. The second-order valence-electron chi connectivity index (χ2n) is 6.69. The number of anilines is 1. The molecule has 0 aromatic heterocycles. The Morgan fingerprint density at radius 1 is 0.897 bits per heavy atom. The minimum atomic E-state index is -3.71. The predicted octanol–water partition coefficient (Wildman–Crippen LogP) is 4.02. The third-order valence-electron chi connectivity index (χ3n) is 4.96. The predicted molar refractivity (Wildman–Crippen MR) is 112 cm³/mol. The van der Waals surface area contributed by atoms with Gasteiger partial charge in [-0.15, -0.1) is 0 Å². The number of para-hydroxylation sites is 1. The molecule has 150 valence electrons. The minimum Gasteiger partial charge on any atom is -0.493 e. The first kappa shape index (κ1) is 19.3. The van der Waals surface area contributed by atoms with Crippen molar-refractivity contribution in [2.75, 3.05) is 19.5 Å². The molecule has 7 heteroatoms. The molecule has 0 saturated carbocycles. The molecule has 1 atom stereocenters. The average molecular weight is 410 g/mol. The molecule has 3 aromatic carbocycles. The van der Waals surface area contributed by atoms with Gasteiger partial charge in [0.2, 0.25) is 10.0 Å². The molecule has 1 aliphatic heterocycles. The van der Waals surface area contributed by atoms with E-state index in [1.54, 1.807) is 44.6 Å². The first-order chi connectivity index (χ1) is 14.0. The fourth-order valence-electron chi connectivity index (χ4n) is 3.51. The topological polar surface area (TPSA) is 67.9 Å². The van der Waals surface area contributed by atoms with Crippen molar-refractivity contribution < 1.29 is 17.9 Å². The molecular weight excluding hydrogens is 388 g/mol. The van der Waals surface area contributed by atoms with Crippen LogP contribution in [0.1, 0.15) is 17.3 Å². The smallest absolute Gasteiger partial charge is 0.247 e. The number of methoxy groups -OCH3 is 2. The Hall–Kier alpha value is -3.03. The summed E-state index contributed by atoms with van der Waals surface area (Å²) in [5.41, 5.74) is 2.25. The molecule has 4 rings (SSSR count). The number of sulfonamides is 1. The zero-order valence-electron chi connectivity index (χ0n) is 16.2. The second-order valence-corrected chi connectivity index (χ2v) is 8.55. The lowest BCUT2D eigenvalue weighted by Crippen LogP contribution is -2.42. The molecule has 1 heterocycles. The van der Waals surface area contributed by atoms with Crippen LogP contribution in [0.15, 0.2) is 77.7 Å². The average Bonchev–Trinajstić information content (AvgIpc) is 2.76. The summed E-state index contributed by atoms with van der Waals surface area (Å²) in [5, 5.41) is 3.38. The highest BCUT2D eigenvalue weighted by atomic mass is 32.2. The van der Waals surface area contributed by atoms with E-state index in [0.29, 0.717) is 17.2 Å². The van der Waals surface area contributed by atoms with E-state index in [-0.39, 0.29) is 11.4 Å². The third-order valence-corrected chi connectivity index (χ3v) is 6.83. The van der Waals surface area contributed by atoms with Crippen LogP contribution >= 0.6 is 0 Å². The van der Waals surface area contributed by atoms with Crippen LogP contribution in [0.2, 0.25) is 0 Å². The summed E-state index contributed by atoms with van der Waals surface area (Å²) in [6, 6.07) is 21.9. The number of nitrogens with zero attached hydrogens (tertiary/aromatic N) is 1. The normalized spacial score (nSPS) is 17.8. The van der Waals surface area contributed by atoms with Crippen LogP contribution in [-0.2, 0) is 16.6 Å². The molecular formula is C22H22N2O4S. The zero-order valence-corrected chi connectivity index (χ0v) is 17.0. The minimum absolute atomic E-state index is 0.240. The number of fused-ring (bicyclic) bond motifs is 1. The van der Waals surface area contributed by atoms with Crippen LogP contribution in [0.25, 0.3) is 0 Å². The molecule has 1 aliphatic rings. The van der Waals surface area contributed by atoms with Crippen molar-refractivity contribution in [3.63, 3.8) is 0 Å². The van der Waals surface area contributed by atoms with Gasteiger partial charge in [0, 0.05) is 6.54 Å². The van der Waals surface area contributed by atoms with Crippen molar-refractivity contribution in [1.82, 2.24) is 4.31 Å². The number of nitrogens with one attached hydrogen (secondary N) is 1. The fraction of sp³-hybridized carbons (Fsp3) is 0.182. The number of hydrogen-bond acceptors (Lipinski definition) is 5. The molecule has 6 nitrogen and oxygen atoms in total. The molecule has 0 radical (unpaired) electrons. The first-order valence-corrected chi connectivity index (χ1v) is 10.6. The van der Waals surface area contributed by atoms with Gasteiger partial charge in [-0.25, -0.2) is 8.42 Å². The first-order valence-electron chi connectivity index (χ1n) is 9.18. The van der Waals surface area contributed by atoms with Crippen LogP contribution in [0.5, 0.6) is 11.5 Å². The number of benzene rings is 3. The van der Waals surface area contributed by atoms with Crippen LogP contribution in [0.3, 0.4) is 0 Å². The highest BCUT2D eigenvalue weighted by Crippen LogP contribution is 2.41. The van der Waals surface area contributed by atoms with E-state index < -0.39 is 16.2 Å². The molecule has 0 unspecified atom stereocenters. The molecule has 3 aromatic rings. The van der Waals surface area contributed by atoms with E-state index in [9.17, 15) is 8.42 Å². The van der Waals surface area contributed by atoms with Gasteiger partial charge in [0.05, 0.1) is 19.9 Å². The van der Waals surface area contributed by atoms with Gasteiger partial charge in [-0.1, -0.05) is 48.5 Å². The van der Waals surface area contributed by atoms with Crippen LogP contribution in [-0.4, -0.2) is 26.9 Å². The Morgan fingerprint density at radius 2 is 1.59 bits per heavy atom. The van der Waals surface area contributed by atoms with E-state index in [0.717, 1.165) is 11.1 Å². The molecule has 0 amide bonds. The SMILES string of the molecule is COc1ccc([C@@H]2Nc3ccccc3S(=O)(=O)N2Cc2ccccc2)cc1OC. The summed E-state index contributed by atoms with van der Waals surface area (Å²) in [5.74, 6) is 1.13. The van der Waals surface area contributed by atoms with Crippen molar-refractivity contribution in [3.05, 3.63) is 83.9 Å². The second kappa shape index (κ2) is 7.77. The Labute approximate surface area is 170 Å². The summed E-state index contributed by atoms with van der Waals surface area (Å²) < 4.78 is 39.2. The van der Waals surface area contributed by atoms with Crippen LogP contribution in [0.4, 0.5) is 5.69 Å². The van der Waals surface area contributed by atoms with E-state index in [1.165, 1.54) is 4.31 Å². The maximum absolute atomic E-state index is 13.5. The van der Waals surface area contributed by atoms with Gasteiger partial charge < -0.3 is 14.8 Å². The van der Waals surface area contributed by atoms with E-state index in [2.05, 4.69) is 5.32 Å². The number of rotatable bonds is 5. The zero-order chi connectivity index (χ0) is 20.4. The molecule has 0 saturated heterocycles. The standard InChI is InChI=1S/C22H22N2O4S/c1-27-19-13-12-17(14-20(19)28-2)22-23-18-10-6-7-11-21(18)29(25,26)24(22)15-16-8-4-3-5-9-16/h3-14,22-23H,15H2,1-2H3/t22-/m1/s1. The maximum Gasteiger partial charge on any atom is 0.247 e. The van der Waals surface area contributed by atoms with Crippen molar-refractivity contribution in [2.24, 2.45) is 0 Å². The van der Waals surface area contributed by atoms with E-state index in [4.69, 9.17) is 9.47 Å². The van der Waals surface area contributed by atoms with Gasteiger partial charge in [-0.2, -0.15) is 4.31 Å². The lowest BCUT2D eigenvalue weighted by Gasteiger charge is -2.37. The molecule has 1 N–H and O–H groups in total. The van der Waals surface area contributed by atoms with Gasteiger partial charge in [0.1, 0.15) is 11.1 Å². The van der Waals surface area contributed by atoms with Crippen LogP contribution in [0, 0.1) is 0 Å². The summed E-state index contributed by atoms with van der Waals surface area (Å²) in [7, 11) is -0.587. The van der Waals surface area contributed by atoms with Gasteiger partial charge in [-0.05, 0) is 35.4 Å². The molecule has 0 aliphatic carbocycles. The molecule has 29 heavy (non-hydrogen) atoms. The highest BCUT2D eigenvalue weighted by molar-refractivity contribution is 7.89. The maximum atomic E-state index is 13.5. The Balaban J connectivity index is 1.84. The largest absolute Gasteiger partial charge is 0.493 e. The summed E-state index contributed by atoms with van der Waals surface area (Å²) in [6.07, 6.45) is -0.588. The lowest BCUT2D eigenvalue weighted by molar-refractivity contribution is 0.330. The summed E-state index contributed by atoms with van der Waals surface area (Å²) >= 11 is 0. The van der Waals surface area contributed by atoms with E-state index >= 15 is 0 Å². The Morgan fingerprint density at radius 3 is 2.31 bits per heavy atom. The van der Waals surface area contributed by atoms with Crippen molar-refractivity contribution in [1.29, 1.82) is 0 Å². The van der Waals surface area contributed by atoms with Gasteiger partial charge in [-0.3, -0.25) is 0 Å². The molecule has 0 fully saturated rings. The molecule has 0 spiro atoms. The highest BCUT2D eigenvalue weighted by Gasteiger charge is 2.39. The quantitative estimate of drug-likeness (QED) is 0.688. The van der Waals surface area contributed by atoms with Crippen LogP contribution < -0.4 is 14.8 Å². The third kappa shape index (κ3) is 3.54. The monoisotopic (exact) mass is 410 g/mol. The van der Waals surface area contributed by atoms with Gasteiger partial charge in [0.25, 0.3) is 0 Å². The van der Waals surface area contributed by atoms with E-state index in [1.807, 2.05) is 42.5 Å². The molecule has 0 bridgehead atoms. The Kier molecular flexibility index (Phi) is 5.17. The van der Waals surface area contributed by atoms with Gasteiger partial charge in [0.15, 0.2) is 11.5 Å². The number of hydrogen-bond donors (Lipinski definition) is 1. The fourth-order valence-corrected chi connectivity index (χ4v) is 5.19. The van der Waals surface area contributed by atoms with Gasteiger partial charge >= 0.3 is 0 Å². The lowest BCUT2D eigenvalue weighted by atomic mass is 10.1. The van der Waals surface area contributed by atoms with Crippen molar-refractivity contribution in [3.8, 4) is 11.5 Å². The number of ether oxygens (including phenoxy) is 2. The van der Waals surface area contributed by atoms with Crippen molar-refractivity contribution >= 4 is 15.7 Å². The summed E-state index contributed by atoms with van der Waals surface area (Å²) in [6.45, 7) is 0.240. The summed E-state index contributed by atoms with van der Waals surface area (Å²) in [4.78, 5) is 0.271.